The maximum Gasteiger partial charge on any atom is 0.271 e. The van der Waals surface area contributed by atoms with Crippen molar-refractivity contribution in [3.8, 4) is 5.75 Å². The molecule has 2 aromatic carbocycles. The first-order valence-corrected chi connectivity index (χ1v) is 7.98. The first kappa shape index (κ1) is 18.8. The quantitative estimate of drug-likeness (QED) is 0.544. The summed E-state index contributed by atoms with van der Waals surface area (Å²) in [6.45, 7) is 1.62. The summed E-state index contributed by atoms with van der Waals surface area (Å²) >= 11 is 11.7. The summed E-state index contributed by atoms with van der Waals surface area (Å²) in [7, 11) is 0. The number of phenolic OH excluding ortho intramolecular Hbond substituents is 1. The fraction of sp³-hybridized carbons (Fsp3) is 0.118. The van der Waals surface area contributed by atoms with Gasteiger partial charge in [0.2, 0.25) is 5.91 Å². The average molecular weight is 380 g/mol. The second kappa shape index (κ2) is 8.50. The lowest BCUT2D eigenvalue weighted by atomic mass is 10.2. The average Bonchev–Trinajstić information content (AvgIpc) is 2.56. The van der Waals surface area contributed by atoms with E-state index >= 15 is 0 Å². The maximum atomic E-state index is 12.0. The lowest BCUT2D eigenvalue weighted by Gasteiger charge is -2.06. The molecule has 0 heterocycles. The molecule has 6 nitrogen and oxygen atoms in total. The molecule has 2 rings (SSSR count). The van der Waals surface area contributed by atoms with Crippen LogP contribution in [-0.2, 0) is 4.79 Å². The molecule has 0 unspecified atom stereocenters. The van der Waals surface area contributed by atoms with Crippen LogP contribution >= 0.6 is 23.2 Å². The number of nitrogens with one attached hydrogen (secondary N) is 2. The molecule has 8 heteroatoms. The number of phenols is 1. The van der Waals surface area contributed by atoms with Crippen molar-refractivity contribution in [2.75, 3.05) is 5.32 Å². The number of carbonyl (C=O) groups excluding carboxylic acids is 2. The van der Waals surface area contributed by atoms with Gasteiger partial charge in [0.05, 0.1) is 16.5 Å². The van der Waals surface area contributed by atoms with Crippen molar-refractivity contribution in [1.82, 2.24) is 5.43 Å². The number of hydrogen-bond donors (Lipinski definition) is 3. The van der Waals surface area contributed by atoms with Crippen molar-refractivity contribution in [2.24, 2.45) is 5.10 Å². The zero-order valence-corrected chi connectivity index (χ0v) is 14.7. The number of hydrogen-bond acceptors (Lipinski definition) is 4. The molecule has 2 aromatic rings. The molecule has 0 saturated carbocycles. The number of amides is 2. The van der Waals surface area contributed by atoms with Gasteiger partial charge >= 0.3 is 0 Å². The van der Waals surface area contributed by atoms with Gasteiger partial charge in [-0.05, 0) is 49.4 Å². The molecule has 0 aliphatic carbocycles. The number of nitrogens with zero attached hydrogens (tertiary/aromatic N) is 1. The van der Waals surface area contributed by atoms with Gasteiger partial charge in [-0.3, -0.25) is 9.59 Å². The SMILES string of the molecule is C/C(CC(=O)Nc1ccc(Cl)c(Cl)c1)=N\NC(=O)c1ccc(O)cc1. The molecule has 25 heavy (non-hydrogen) atoms. The number of halogens is 2. The van der Waals surface area contributed by atoms with E-state index in [0.29, 0.717) is 27.0 Å². The monoisotopic (exact) mass is 379 g/mol. The Morgan fingerprint density at radius 1 is 1.08 bits per heavy atom. The summed E-state index contributed by atoms with van der Waals surface area (Å²) in [4.78, 5) is 23.8. The Morgan fingerprint density at radius 2 is 1.76 bits per heavy atom. The predicted molar refractivity (Wildman–Crippen MR) is 98.4 cm³/mol. The van der Waals surface area contributed by atoms with Crippen LogP contribution in [0.25, 0.3) is 0 Å². The molecular weight excluding hydrogens is 365 g/mol. The number of carbonyl (C=O) groups is 2. The van der Waals surface area contributed by atoms with Crippen LogP contribution in [0.4, 0.5) is 5.69 Å². The highest BCUT2D eigenvalue weighted by Crippen LogP contribution is 2.25. The number of anilines is 1. The van der Waals surface area contributed by atoms with Gasteiger partial charge in [0.15, 0.2) is 0 Å². The second-order valence-corrected chi connectivity index (χ2v) is 6.00. The molecule has 130 valence electrons. The molecular formula is C17H15Cl2N3O3. The lowest BCUT2D eigenvalue weighted by molar-refractivity contribution is -0.115. The molecule has 0 bridgehead atoms. The van der Waals surface area contributed by atoms with Crippen molar-refractivity contribution in [3.05, 3.63) is 58.1 Å². The predicted octanol–water partition coefficient (Wildman–Crippen LogP) is 3.83. The van der Waals surface area contributed by atoms with E-state index in [2.05, 4.69) is 15.8 Å². The first-order valence-electron chi connectivity index (χ1n) is 7.22. The minimum absolute atomic E-state index is 0.00387. The fourth-order valence-electron chi connectivity index (χ4n) is 1.87. The van der Waals surface area contributed by atoms with Crippen molar-refractivity contribution in [1.29, 1.82) is 0 Å². The largest absolute Gasteiger partial charge is 0.508 e. The zero-order chi connectivity index (χ0) is 18.4. The van der Waals surface area contributed by atoms with E-state index in [4.69, 9.17) is 23.2 Å². The molecule has 0 atom stereocenters. The van der Waals surface area contributed by atoms with E-state index < -0.39 is 5.91 Å². The van der Waals surface area contributed by atoms with Crippen LogP contribution in [0.2, 0.25) is 10.0 Å². The Labute approximate surface area is 154 Å². The maximum absolute atomic E-state index is 12.0. The zero-order valence-electron chi connectivity index (χ0n) is 13.2. The highest BCUT2D eigenvalue weighted by Gasteiger charge is 2.08. The molecule has 0 aliphatic rings. The third-order valence-corrected chi connectivity index (χ3v) is 3.84. The summed E-state index contributed by atoms with van der Waals surface area (Å²) in [6.07, 6.45) is -0.00387. The lowest BCUT2D eigenvalue weighted by Crippen LogP contribution is -2.21. The highest BCUT2D eigenvalue weighted by atomic mass is 35.5. The summed E-state index contributed by atoms with van der Waals surface area (Å²) in [5.41, 5.74) is 3.63. The molecule has 0 radical (unpaired) electrons. The third kappa shape index (κ3) is 5.77. The smallest absolute Gasteiger partial charge is 0.271 e. The molecule has 0 saturated heterocycles. The van der Waals surface area contributed by atoms with Crippen LogP contribution in [0.5, 0.6) is 5.75 Å². The van der Waals surface area contributed by atoms with Gasteiger partial charge in [0.1, 0.15) is 5.75 Å². The van der Waals surface area contributed by atoms with Gasteiger partial charge in [-0.1, -0.05) is 23.2 Å². The van der Waals surface area contributed by atoms with E-state index in [1.807, 2.05) is 0 Å². The molecule has 2 amide bonds. The Bertz CT molecular complexity index is 820. The van der Waals surface area contributed by atoms with E-state index in [9.17, 15) is 14.7 Å². The Balaban J connectivity index is 1.89. The van der Waals surface area contributed by atoms with Crippen molar-refractivity contribution < 1.29 is 14.7 Å². The van der Waals surface area contributed by atoms with Crippen LogP contribution in [0.1, 0.15) is 23.7 Å². The highest BCUT2D eigenvalue weighted by molar-refractivity contribution is 6.42. The van der Waals surface area contributed by atoms with Crippen LogP contribution in [-0.4, -0.2) is 22.6 Å². The van der Waals surface area contributed by atoms with Crippen molar-refractivity contribution >= 4 is 46.4 Å². The first-order chi connectivity index (χ1) is 11.8. The van der Waals surface area contributed by atoms with Gasteiger partial charge in [-0.15, -0.1) is 0 Å². The Morgan fingerprint density at radius 3 is 2.40 bits per heavy atom. The van der Waals surface area contributed by atoms with E-state index in [1.54, 1.807) is 25.1 Å². The summed E-state index contributed by atoms with van der Waals surface area (Å²) in [6, 6.07) is 10.5. The van der Waals surface area contributed by atoms with Gasteiger partial charge < -0.3 is 10.4 Å². The number of benzene rings is 2. The van der Waals surface area contributed by atoms with Crippen LogP contribution in [0.15, 0.2) is 47.6 Å². The fourth-order valence-corrected chi connectivity index (χ4v) is 2.17. The van der Waals surface area contributed by atoms with Gasteiger partial charge in [0, 0.05) is 17.0 Å². The number of hydrazone groups is 1. The molecule has 0 spiro atoms. The van der Waals surface area contributed by atoms with Crippen LogP contribution in [0.3, 0.4) is 0 Å². The minimum atomic E-state index is -0.441. The van der Waals surface area contributed by atoms with Gasteiger partial charge in [-0.25, -0.2) is 5.43 Å². The molecule has 0 aliphatic heterocycles. The summed E-state index contributed by atoms with van der Waals surface area (Å²) < 4.78 is 0. The Hall–Kier alpha value is -2.57. The van der Waals surface area contributed by atoms with Crippen molar-refractivity contribution in [2.45, 2.75) is 13.3 Å². The molecule has 0 fully saturated rings. The summed E-state index contributed by atoms with van der Waals surface area (Å²) in [5.74, 6) is -0.682. The van der Waals surface area contributed by atoms with E-state index in [1.165, 1.54) is 24.3 Å². The van der Waals surface area contributed by atoms with Gasteiger partial charge in [0.25, 0.3) is 5.91 Å². The normalized spacial score (nSPS) is 11.1. The topological polar surface area (TPSA) is 90.8 Å². The van der Waals surface area contributed by atoms with E-state index in [0.717, 1.165) is 0 Å². The van der Waals surface area contributed by atoms with Crippen LogP contribution < -0.4 is 10.7 Å². The summed E-state index contributed by atoms with van der Waals surface area (Å²) in [5, 5.41) is 16.5. The minimum Gasteiger partial charge on any atom is -0.508 e. The number of rotatable bonds is 5. The van der Waals surface area contributed by atoms with Crippen molar-refractivity contribution in [3.63, 3.8) is 0 Å². The van der Waals surface area contributed by atoms with Gasteiger partial charge in [-0.2, -0.15) is 5.10 Å². The van der Waals surface area contributed by atoms with Crippen LogP contribution in [0, 0.1) is 0 Å². The third-order valence-electron chi connectivity index (χ3n) is 3.10. The molecule has 3 N–H and O–H groups in total. The van der Waals surface area contributed by atoms with E-state index in [-0.39, 0.29) is 18.1 Å². The second-order valence-electron chi connectivity index (χ2n) is 5.19. The number of aromatic hydroxyl groups is 1. The Kier molecular flexibility index (Phi) is 6.38. The molecule has 0 aromatic heterocycles. The standard InChI is InChI=1S/C17H15Cl2N3O3/c1-10(21-22-17(25)11-2-5-13(23)6-3-11)8-16(24)20-12-4-7-14(18)15(19)9-12/h2-7,9,23H,8H2,1H3,(H,20,24)(H,22,25)/b21-10+.